The number of thiazole rings is 1. The summed E-state index contributed by atoms with van der Waals surface area (Å²) in [6.07, 6.45) is 1.66. The van der Waals surface area contributed by atoms with Gasteiger partial charge >= 0.3 is 5.97 Å². The number of hydrogen-bond donors (Lipinski definition) is 0. The van der Waals surface area contributed by atoms with Crippen LogP contribution < -0.4 is 5.56 Å². The van der Waals surface area contributed by atoms with Gasteiger partial charge in [0.1, 0.15) is 6.61 Å². The van der Waals surface area contributed by atoms with E-state index in [0.29, 0.717) is 16.2 Å². The van der Waals surface area contributed by atoms with Gasteiger partial charge in [0.2, 0.25) is 0 Å². The number of nitrogens with zero attached hydrogens (tertiary/aromatic N) is 4. The van der Waals surface area contributed by atoms with Crippen LogP contribution in [-0.4, -0.2) is 25.1 Å². The number of benzene rings is 1. The summed E-state index contributed by atoms with van der Waals surface area (Å²) in [5, 5.41) is 6.20. The van der Waals surface area contributed by atoms with Crippen LogP contribution in [0.15, 0.2) is 52.8 Å². The van der Waals surface area contributed by atoms with Crippen molar-refractivity contribution < 1.29 is 9.53 Å². The van der Waals surface area contributed by atoms with Gasteiger partial charge in [0.25, 0.3) is 5.56 Å². The summed E-state index contributed by atoms with van der Waals surface area (Å²) in [7, 11) is 0. The normalized spacial score (nSPS) is 11.0. The van der Waals surface area contributed by atoms with Crippen LogP contribution in [0.3, 0.4) is 0 Å². The van der Waals surface area contributed by atoms with E-state index in [1.54, 1.807) is 23.7 Å². The predicted molar refractivity (Wildman–Crippen MR) is 101 cm³/mol. The second kappa shape index (κ2) is 6.81. The number of aryl methyl sites for hydroxylation is 2. The highest BCUT2D eigenvalue weighted by molar-refractivity contribution is 7.15. The monoisotopic (exact) mass is 380 g/mol. The van der Waals surface area contributed by atoms with Crippen molar-refractivity contribution in [3.63, 3.8) is 0 Å². The van der Waals surface area contributed by atoms with Gasteiger partial charge < -0.3 is 4.74 Å². The number of hydrogen-bond acceptors (Lipinski definition) is 6. The fourth-order valence-electron chi connectivity index (χ4n) is 2.81. The molecule has 0 unspecified atom stereocenters. The Kier molecular flexibility index (Phi) is 4.33. The van der Waals surface area contributed by atoms with E-state index in [2.05, 4.69) is 10.1 Å². The lowest BCUT2D eigenvalue weighted by atomic mass is 10.2. The lowest BCUT2D eigenvalue weighted by Gasteiger charge is -2.07. The van der Waals surface area contributed by atoms with Gasteiger partial charge in [-0.25, -0.2) is 14.5 Å². The van der Waals surface area contributed by atoms with E-state index in [-0.39, 0.29) is 12.2 Å². The largest absolute Gasteiger partial charge is 0.456 e. The van der Waals surface area contributed by atoms with Crippen LogP contribution in [0.4, 0.5) is 0 Å². The van der Waals surface area contributed by atoms with Crippen LogP contribution in [0.1, 0.15) is 27.4 Å². The van der Waals surface area contributed by atoms with Crippen LogP contribution >= 0.6 is 11.3 Å². The molecule has 3 heterocycles. The van der Waals surface area contributed by atoms with Crippen LogP contribution in [-0.2, 0) is 11.3 Å². The lowest BCUT2D eigenvalue weighted by molar-refractivity contribution is 0.0468. The Morgan fingerprint density at radius 3 is 2.67 bits per heavy atom. The molecule has 7 nitrogen and oxygen atoms in total. The third kappa shape index (κ3) is 3.39. The first kappa shape index (κ1) is 17.2. The molecule has 0 radical (unpaired) electrons. The first-order valence-corrected chi connectivity index (χ1v) is 9.16. The van der Waals surface area contributed by atoms with E-state index in [1.165, 1.54) is 21.8 Å². The smallest absolute Gasteiger partial charge is 0.338 e. The maximum absolute atomic E-state index is 12.3. The highest BCUT2D eigenvalue weighted by atomic mass is 32.1. The quantitative estimate of drug-likeness (QED) is 0.509. The van der Waals surface area contributed by atoms with Gasteiger partial charge in [0, 0.05) is 23.3 Å². The first-order chi connectivity index (χ1) is 13.0. The summed E-state index contributed by atoms with van der Waals surface area (Å²) in [6, 6.07) is 10.4. The van der Waals surface area contributed by atoms with E-state index >= 15 is 0 Å². The molecule has 3 aromatic heterocycles. The zero-order valence-corrected chi connectivity index (χ0v) is 15.6. The molecule has 4 aromatic rings. The number of fused-ring (bicyclic) bond motifs is 1. The minimum Gasteiger partial charge on any atom is -0.456 e. The van der Waals surface area contributed by atoms with Crippen molar-refractivity contribution in [3.8, 4) is 5.69 Å². The molecule has 4 rings (SSSR count). The van der Waals surface area contributed by atoms with Gasteiger partial charge in [0.05, 0.1) is 22.6 Å². The molecule has 27 heavy (non-hydrogen) atoms. The van der Waals surface area contributed by atoms with Gasteiger partial charge in [-0.1, -0.05) is 0 Å². The maximum Gasteiger partial charge on any atom is 0.338 e. The molecule has 0 aliphatic rings. The molecule has 0 aliphatic heterocycles. The van der Waals surface area contributed by atoms with Crippen molar-refractivity contribution in [3.05, 3.63) is 81.0 Å². The lowest BCUT2D eigenvalue weighted by Crippen LogP contribution is -2.14. The van der Waals surface area contributed by atoms with E-state index in [9.17, 15) is 9.59 Å². The molecular weight excluding hydrogens is 364 g/mol. The Hall–Kier alpha value is -3.26. The van der Waals surface area contributed by atoms with Crippen LogP contribution in [0.5, 0.6) is 0 Å². The van der Waals surface area contributed by atoms with Crippen LogP contribution in [0.25, 0.3) is 10.6 Å². The van der Waals surface area contributed by atoms with Gasteiger partial charge in [-0.3, -0.25) is 9.20 Å². The number of carbonyl (C=O) groups is 1. The van der Waals surface area contributed by atoms with Crippen LogP contribution in [0, 0.1) is 13.8 Å². The second-order valence-corrected chi connectivity index (χ2v) is 6.98. The predicted octanol–water partition coefficient (Wildman–Crippen LogP) is 2.92. The molecule has 0 spiro atoms. The molecule has 0 N–H and O–H groups in total. The fraction of sp³-hybridized carbons (Fsp3) is 0.158. The summed E-state index contributed by atoms with van der Waals surface area (Å²) in [6.45, 7) is 3.85. The summed E-state index contributed by atoms with van der Waals surface area (Å²) in [4.78, 5) is 29.1. The highest BCUT2D eigenvalue weighted by Gasteiger charge is 2.11. The average molecular weight is 380 g/mol. The fourth-order valence-corrected chi connectivity index (χ4v) is 3.55. The van der Waals surface area contributed by atoms with Gasteiger partial charge in [0.15, 0.2) is 4.96 Å². The van der Waals surface area contributed by atoms with Crippen molar-refractivity contribution in [2.75, 3.05) is 0 Å². The minimum absolute atomic E-state index is 0.0539. The zero-order chi connectivity index (χ0) is 19.0. The molecule has 0 bridgehead atoms. The zero-order valence-electron chi connectivity index (χ0n) is 14.7. The first-order valence-electron chi connectivity index (χ1n) is 8.28. The number of ether oxygens (including phenoxy) is 1. The second-order valence-electron chi connectivity index (χ2n) is 6.10. The van der Waals surface area contributed by atoms with Crippen molar-refractivity contribution in [2.24, 2.45) is 0 Å². The third-order valence-electron chi connectivity index (χ3n) is 4.06. The molecule has 136 valence electrons. The topological polar surface area (TPSA) is 78.5 Å². The van der Waals surface area contributed by atoms with Crippen LogP contribution in [0.2, 0.25) is 0 Å². The molecule has 0 atom stereocenters. The van der Waals surface area contributed by atoms with Gasteiger partial charge in [-0.15, -0.1) is 11.3 Å². The Morgan fingerprint density at radius 2 is 1.96 bits per heavy atom. The summed E-state index contributed by atoms with van der Waals surface area (Å²) in [5.41, 5.74) is 3.48. The Balaban J connectivity index is 1.47. The molecule has 0 saturated carbocycles. The standard InChI is InChI=1S/C19H16N4O3S/c1-12-9-13(2)23(21-12)16-5-3-14(4-6-16)18(25)26-11-15-10-17(24)22-7-8-27-19(22)20-15/h3-10H,11H2,1-2H3. The van der Waals surface area contributed by atoms with E-state index in [1.807, 2.05) is 36.7 Å². The van der Waals surface area contributed by atoms with Gasteiger partial charge in [-0.2, -0.15) is 5.10 Å². The molecule has 0 amide bonds. The Labute approximate surface area is 158 Å². The van der Waals surface area contributed by atoms with E-state index in [0.717, 1.165) is 17.1 Å². The minimum atomic E-state index is -0.469. The number of esters is 1. The number of carbonyl (C=O) groups excluding carboxylic acids is 1. The maximum atomic E-state index is 12.3. The Morgan fingerprint density at radius 1 is 1.19 bits per heavy atom. The van der Waals surface area contributed by atoms with E-state index < -0.39 is 5.97 Å². The SMILES string of the molecule is Cc1cc(C)n(-c2ccc(C(=O)OCc3cc(=O)n4ccsc4n3)cc2)n1. The molecule has 0 fully saturated rings. The molecular formula is C19H16N4O3S. The average Bonchev–Trinajstić information content (AvgIpc) is 3.26. The molecule has 0 saturated heterocycles. The van der Waals surface area contributed by atoms with Gasteiger partial charge in [-0.05, 0) is 44.2 Å². The van der Waals surface area contributed by atoms with Crippen molar-refractivity contribution in [2.45, 2.75) is 20.5 Å². The van der Waals surface area contributed by atoms with Crippen molar-refractivity contribution >= 4 is 22.3 Å². The molecule has 0 aliphatic carbocycles. The van der Waals surface area contributed by atoms with Crippen molar-refractivity contribution in [1.29, 1.82) is 0 Å². The third-order valence-corrected chi connectivity index (χ3v) is 4.82. The summed E-state index contributed by atoms with van der Waals surface area (Å²) >= 11 is 1.35. The number of rotatable bonds is 4. The molecule has 1 aromatic carbocycles. The highest BCUT2D eigenvalue weighted by Crippen LogP contribution is 2.14. The Bertz CT molecular complexity index is 1190. The molecule has 8 heteroatoms. The summed E-state index contributed by atoms with van der Waals surface area (Å²) < 4.78 is 8.57. The summed E-state index contributed by atoms with van der Waals surface area (Å²) in [5.74, 6) is -0.469. The van der Waals surface area contributed by atoms with Crippen molar-refractivity contribution in [1.82, 2.24) is 19.2 Å². The van der Waals surface area contributed by atoms with E-state index in [4.69, 9.17) is 4.74 Å². The number of aromatic nitrogens is 4.